The van der Waals surface area contributed by atoms with Crippen LogP contribution in [0.3, 0.4) is 0 Å². The predicted octanol–water partition coefficient (Wildman–Crippen LogP) is 3.67. The van der Waals surface area contributed by atoms with Crippen molar-refractivity contribution in [1.82, 2.24) is 0 Å². The zero-order valence-electron chi connectivity index (χ0n) is 12.8. The monoisotopic (exact) mass is 372 g/mol. The van der Waals surface area contributed by atoms with E-state index in [0.717, 1.165) is 4.47 Å². The van der Waals surface area contributed by atoms with E-state index in [1.165, 1.54) is 0 Å². The minimum Gasteiger partial charge on any atom is -0.480 e. The second-order valence-electron chi connectivity index (χ2n) is 6.18. The number of carboxylic acid groups (broad SMARTS) is 1. The number of carbonyl (C=O) groups is 2. The summed E-state index contributed by atoms with van der Waals surface area (Å²) in [5.41, 5.74) is -1.17. The fourth-order valence-electron chi connectivity index (χ4n) is 2.38. The Morgan fingerprint density at radius 2 is 1.95 bits per heavy atom. The summed E-state index contributed by atoms with van der Waals surface area (Å²) in [5, 5.41) is 9.83. The summed E-state index contributed by atoms with van der Waals surface area (Å²) < 4.78 is 5.84. The molecule has 6 heteroatoms. The molecule has 1 rings (SSSR count). The van der Waals surface area contributed by atoms with Gasteiger partial charge in [-0.15, -0.1) is 0 Å². The highest BCUT2D eigenvalue weighted by atomic mass is 79.9. The minimum absolute atomic E-state index is 0.160. The number of ether oxygens (including phenoxy) is 1. The van der Waals surface area contributed by atoms with Crippen molar-refractivity contribution in [3.05, 3.63) is 34.3 Å². The fraction of sp³-hybridized carbons (Fsp3) is 0.467. The summed E-state index contributed by atoms with van der Waals surface area (Å²) in [6.07, 6.45) is 0. The Bertz CT molecular complexity index is 539. The van der Waals surface area contributed by atoms with Crippen molar-refractivity contribution in [1.29, 1.82) is 0 Å². The van der Waals surface area contributed by atoms with Crippen LogP contribution in [0.1, 0.15) is 12.5 Å². The summed E-state index contributed by atoms with van der Waals surface area (Å²) in [6, 6.07) is 7.20. The van der Waals surface area contributed by atoms with Crippen LogP contribution in [0.5, 0.6) is 0 Å². The van der Waals surface area contributed by atoms with Crippen LogP contribution in [0.25, 0.3) is 0 Å². The van der Waals surface area contributed by atoms with Gasteiger partial charge in [-0.2, -0.15) is 0 Å². The highest BCUT2D eigenvalue weighted by Crippen LogP contribution is 2.36. The highest BCUT2D eigenvalue weighted by molar-refractivity contribution is 9.10. The van der Waals surface area contributed by atoms with E-state index < -0.39 is 25.4 Å². The van der Waals surface area contributed by atoms with Gasteiger partial charge in [0.25, 0.3) is 0 Å². The van der Waals surface area contributed by atoms with Gasteiger partial charge in [-0.25, -0.2) is 0 Å². The summed E-state index contributed by atoms with van der Waals surface area (Å²) in [6.45, 7) is 7.97. The molecule has 0 aliphatic rings. The van der Waals surface area contributed by atoms with Crippen molar-refractivity contribution < 1.29 is 19.4 Å². The molecule has 1 N–H and O–H groups in total. The first-order valence-corrected chi connectivity index (χ1v) is 11.3. The van der Waals surface area contributed by atoms with E-state index >= 15 is 0 Å². The number of rotatable bonds is 6. The Kier molecular flexibility index (Phi) is 5.75. The number of esters is 1. The van der Waals surface area contributed by atoms with Crippen molar-refractivity contribution in [2.45, 2.75) is 38.0 Å². The second kappa shape index (κ2) is 6.75. The lowest BCUT2D eigenvalue weighted by Gasteiger charge is -2.32. The van der Waals surface area contributed by atoms with Gasteiger partial charge in [0, 0.05) is 12.5 Å². The largest absolute Gasteiger partial charge is 0.480 e. The standard InChI is InChI=1S/C15H21BrO4Si/c1-5-20-14(19)15(13(17)18,10-21(2,3)4)11-7-6-8-12(16)9-11/h6-9H,5,10H2,1-4H3,(H,17,18). The third kappa shape index (κ3) is 4.17. The molecule has 116 valence electrons. The van der Waals surface area contributed by atoms with E-state index in [4.69, 9.17) is 4.74 Å². The van der Waals surface area contributed by atoms with Crippen LogP contribution in [0, 0.1) is 0 Å². The van der Waals surface area contributed by atoms with Gasteiger partial charge in [0.15, 0.2) is 5.41 Å². The summed E-state index contributed by atoms with van der Waals surface area (Å²) in [7, 11) is -1.84. The normalized spacial score (nSPS) is 14.3. The molecule has 0 saturated carbocycles. The molecular weight excluding hydrogens is 352 g/mol. The number of carbonyl (C=O) groups excluding carboxylic acids is 1. The maximum atomic E-state index is 12.5. The molecule has 0 aliphatic carbocycles. The first kappa shape index (κ1) is 17.9. The lowest BCUT2D eigenvalue weighted by atomic mass is 9.82. The molecule has 0 aliphatic heterocycles. The van der Waals surface area contributed by atoms with Crippen molar-refractivity contribution in [3.63, 3.8) is 0 Å². The van der Waals surface area contributed by atoms with Crippen LogP contribution < -0.4 is 0 Å². The molecule has 1 unspecified atom stereocenters. The molecule has 21 heavy (non-hydrogen) atoms. The molecule has 0 saturated heterocycles. The number of benzene rings is 1. The van der Waals surface area contributed by atoms with E-state index in [-0.39, 0.29) is 6.61 Å². The van der Waals surface area contributed by atoms with E-state index in [9.17, 15) is 14.7 Å². The minimum atomic E-state index is -1.84. The highest BCUT2D eigenvalue weighted by Gasteiger charge is 2.51. The predicted molar refractivity (Wildman–Crippen MR) is 88.2 cm³/mol. The molecule has 0 spiro atoms. The number of hydrogen-bond donors (Lipinski definition) is 1. The van der Waals surface area contributed by atoms with Crippen molar-refractivity contribution >= 4 is 35.9 Å². The average molecular weight is 373 g/mol. The topological polar surface area (TPSA) is 63.6 Å². The van der Waals surface area contributed by atoms with Crippen molar-refractivity contribution in [2.24, 2.45) is 0 Å². The number of halogens is 1. The molecule has 4 nitrogen and oxygen atoms in total. The SMILES string of the molecule is CCOC(=O)C(C[Si](C)(C)C)(C(=O)O)c1cccc(Br)c1. The quantitative estimate of drug-likeness (QED) is 0.470. The Hall–Kier alpha value is -1.14. The van der Waals surface area contributed by atoms with Gasteiger partial charge in [-0.1, -0.05) is 47.7 Å². The molecule has 0 bridgehead atoms. The summed E-state index contributed by atoms with van der Waals surface area (Å²) >= 11 is 3.34. The van der Waals surface area contributed by atoms with E-state index in [1.54, 1.807) is 31.2 Å². The second-order valence-corrected chi connectivity index (χ2v) is 12.6. The first-order chi connectivity index (χ1) is 9.63. The van der Waals surface area contributed by atoms with Gasteiger partial charge in [0.1, 0.15) is 0 Å². The van der Waals surface area contributed by atoms with Gasteiger partial charge in [-0.05, 0) is 30.7 Å². The number of carboxylic acids is 1. The van der Waals surface area contributed by atoms with Gasteiger partial charge >= 0.3 is 11.9 Å². The van der Waals surface area contributed by atoms with Gasteiger partial charge in [-0.3, -0.25) is 9.59 Å². The van der Waals surface area contributed by atoms with Crippen molar-refractivity contribution in [2.75, 3.05) is 6.61 Å². The molecular formula is C15H21BrO4Si. The summed E-state index contributed by atoms with van der Waals surface area (Å²) in [4.78, 5) is 24.5. The van der Waals surface area contributed by atoms with Gasteiger partial charge < -0.3 is 9.84 Å². The molecule has 0 radical (unpaired) electrons. The Morgan fingerprint density at radius 1 is 1.33 bits per heavy atom. The zero-order valence-corrected chi connectivity index (χ0v) is 15.4. The summed E-state index contributed by atoms with van der Waals surface area (Å²) in [5.74, 6) is -1.83. The Morgan fingerprint density at radius 3 is 2.38 bits per heavy atom. The van der Waals surface area contributed by atoms with Crippen LogP contribution in [0.2, 0.25) is 25.7 Å². The maximum Gasteiger partial charge on any atom is 0.327 e. The average Bonchev–Trinajstić information content (AvgIpc) is 2.34. The van der Waals surface area contributed by atoms with Crippen molar-refractivity contribution in [3.8, 4) is 0 Å². The lowest BCUT2D eigenvalue weighted by molar-refractivity contribution is -0.160. The van der Waals surface area contributed by atoms with Crippen LogP contribution >= 0.6 is 15.9 Å². The molecule has 1 aromatic rings. The maximum absolute atomic E-state index is 12.5. The van der Waals surface area contributed by atoms with Crippen LogP contribution in [-0.2, 0) is 19.7 Å². The van der Waals surface area contributed by atoms with Crippen LogP contribution in [-0.4, -0.2) is 31.7 Å². The third-order valence-corrected chi connectivity index (χ3v) is 5.19. The first-order valence-electron chi connectivity index (χ1n) is 6.80. The number of hydrogen-bond acceptors (Lipinski definition) is 3. The smallest absolute Gasteiger partial charge is 0.327 e. The van der Waals surface area contributed by atoms with Crippen LogP contribution in [0.15, 0.2) is 28.7 Å². The molecule has 0 amide bonds. The van der Waals surface area contributed by atoms with Crippen LogP contribution in [0.4, 0.5) is 0 Å². The molecule has 0 heterocycles. The van der Waals surface area contributed by atoms with E-state index in [2.05, 4.69) is 15.9 Å². The van der Waals surface area contributed by atoms with E-state index in [0.29, 0.717) is 11.6 Å². The molecule has 1 atom stereocenters. The molecule has 0 fully saturated rings. The lowest BCUT2D eigenvalue weighted by Crippen LogP contribution is -2.49. The zero-order chi connectivity index (χ0) is 16.3. The van der Waals surface area contributed by atoms with Gasteiger partial charge in [0.2, 0.25) is 0 Å². The molecule has 1 aromatic carbocycles. The molecule has 0 aromatic heterocycles. The third-order valence-electron chi connectivity index (χ3n) is 3.10. The van der Waals surface area contributed by atoms with E-state index in [1.807, 2.05) is 19.6 Å². The number of aliphatic carboxylic acids is 1. The van der Waals surface area contributed by atoms with Gasteiger partial charge in [0.05, 0.1) is 6.61 Å². The fourth-order valence-corrected chi connectivity index (χ4v) is 4.87. The Balaban J connectivity index is 3.51. The Labute approximate surface area is 134 Å².